The van der Waals surface area contributed by atoms with Gasteiger partial charge in [0.15, 0.2) is 0 Å². The highest BCUT2D eigenvalue weighted by Gasteiger charge is 2.24. The number of carbonyl (C=O) groups excluding carboxylic acids is 3. The van der Waals surface area contributed by atoms with Crippen LogP contribution in [0, 0.1) is 5.92 Å². The molecule has 0 radical (unpaired) electrons. The molecule has 1 aromatic carbocycles. The van der Waals surface area contributed by atoms with Gasteiger partial charge in [-0.1, -0.05) is 42.5 Å². The lowest BCUT2D eigenvalue weighted by Crippen LogP contribution is -2.45. The smallest absolute Gasteiger partial charge is 0.306 e. The van der Waals surface area contributed by atoms with Gasteiger partial charge in [0, 0.05) is 19.4 Å². The minimum absolute atomic E-state index is 0.0332. The topological polar surface area (TPSA) is 123 Å². The van der Waals surface area contributed by atoms with Crippen molar-refractivity contribution in [3.8, 4) is 0 Å². The van der Waals surface area contributed by atoms with Crippen LogP contribution in [-0.2, 0) is 35.2 Å². The number of benzene rings is 1. The summed E-state index contributed by atoms with van der Waals surface area (Å²) in [5, 5.41) is 14.2. The van der Waals surface area contributed by atoms with E-state index in [1.807, 2.05) is 30.3 Å². The summed E-state index contributed by atoms with van der Waals surface area (Å²) in [7, 11) is 0. The number of aliphatic hydroxyl groups excluding tert-OH is 1. The zero-order valence-corrected chi connectivity index (χ0v) is 20.3. The van der Waals surface area contributed by atoms with E-state index in [2.05, 4.69) is 23.8 Å². The van der Waals surface area contributed by atoms with E-state index in [1.54, 1.807) is 12.2 Å². The molecule has 1 rings (SSSR count). The number of rotatable bonds is 20. The third-order valence-corrected chi connectivity index (χ3v) is 4.83. The van der Waals surface area contributed by atoms with Crippen LogP contribution in [-0.4, -0.2) is 68.5 Å². The number of carbonyl (C=O) groups is 3. The molecule has 194 valence electrons. The van der Waals surface area contributed by atoms with E-state index in [0.717, 1.165) is 5.56 Å². The standard InChI is InChI=1S/C26H38N2O7/c1-3-5-12-25(31)35-20-23(19-34-18-21-10-7-6-8-11-21)28-26(32)22(9-4-2)17-24(30)27-13-15-33-16-14-29/h3-4,6-8,10-11,22-23,29H,1-2,5,9,12-20H2,(H,27,30)(H,28,32). The summed E-state index contributed by atoms with van der Waals surface area (Å²) in [6.45, 7) is 8.34. The third-order valence-electron chi connectivity index (χ3n) is 4.83. The summed E-state index contributed by atoms with van der Waals surface area (Å²) >= 11 is 0. The summed E-state index contributed by atoms with van der Waals surface area (Å²) < 4.78 is 16.2. The molecule has 2 unspecified atom stereocenters. The third kappa shape index (κ3) is 14.8. The molecule has 0 aliphatic carbocycles. The summed E-state index contributed by atoms with van der Waals surface area (Å²) in [5.74, 6) is -1.68. The minimum Gasteiger partial charge on any atom is -0.463 e. The Morgan fingerprint density at radius 1 is 1.03 bits per heavy atom. The van der Waals surface area contributed by atoms with E-state index in [4.69, 9.17) is 19.3 Å². The second kappa shape index (κ2) is 19.3. The number of amides is 2. The first-order chi connectivity index (χ1) is 17.0. The van der Waals surface area contributed by atoms with Gasteiger partial charge in [-0.25, -0.2) is 0 Å². The van der Waals surface area contributed by atoms with Crippen LogP contribution in [0.25, 0.3) is 0 Å². The highest BCUT2D eigenvalue weighted by atomic mass is 16.5. The van der Waals surface area contributed by atoms with Gasteiger partial charge in [0.1, 0.15) is 6.61 Å². The Balaban J connectivity index is 2.65. The highest BCUT2D eigenvalue weighted by Crippen LogP contribution is 2.11. The summed E-state index contributed by atoms with van der Waals surface area (Å²) in [5.41, 5.74) is 0.977. The predicted molar refractivity (Wildman–Crippen MR) is 132 cm³/mol. The van der Waals surface area contributed by atoms with Crippen LogP contribution in [0.15, 0.2) is 55.6 Å². The van der Waals surface area contributed by atoms with Crippen molar-refractivity contribution in [1.29, 1.82) is 0 Å². The number of hydrogen-bond donors (Lipinski definition) is 3. The van der Waals surface area contributed by atoms with Gasteiger partial charge < -0.3 is 30.0 Å². The van der Waals surface area contributed by atoms with Gasteiger partial charge in [0.05, 0.1) is 45.0 Å². The summed E-state index contributed by atoms with van der Waals surface area (Å²) in [6, 6.07) is 8.99. The lowest BCUT2D eigenvalue weighted by Gasteiger charge is -2.22. The molecule has 2 amide bonds. The SMILES string of the molecule is C=CCCC(=O)OCC(COCc1ccccc1)NC(=O)C(CC=C)CC(=O)NCCOCCO. The van der Waals surface area contributed by atoms with E-state index in [0.29, 0.717) is 19.4 Å². The molecule has 9 nitrogen and oxygen atoms in total. The highest BCUT2D eigenvalue weighted by molar-refractivity contribution is 5.86. The zero-order valence-electron chi connectivity index (χ0n) is 20.3. The van der Waals surface area contributed by atoms with E-state index in [1.165, 1.54) is 0 Å². The normalized spacial score (nSPS) is 12.3. The molecule has 0 aliphatic rings. The van der Waals surface area contributed by atoms with E-state index < -0.39 is 17.9 Å². The molecule has 0 bridgehead atoms. The van der Waals surface area contributed by atoms with Crippen molar-refractivity contribution in [3.05, 3.63) is 61.2 Å². The number of ether oxygens (including phenoxy) is 3. The van der Waals surface area contributed by atoms with Crippen LogP contribution in [0.1, 0.15) is 31.2 Å². The largest absolute Gasteiger partial charge is 0.463 e. The maximum atomic E-state index is 12.9. The van der Waals surface area contributed by atoms with Crippen molar-refractivity contribution in [2.45, 2.75) is 38.3 Å². The first kappa shape index (κ1) is 30.0. The molecule has 2 atom stereocenters. The second-order valence-electron chi connectivity index (χ2n) is 7.83. The Labute approximate surface area is 207 Å². The van der Waals surface area contributed by atoms with Crippen molar-refractivity contribution in [3.63, 3.8) is 0 Å². The summed E-state index contributed by atoms with van der Waals surface area (Å²) in [4.78, 5) is 37.1. The lowest BCUT2D eigenvalue weighted by atomic mass is 9.99. The molecule has 0 heterocycles. The van der Waals surface area contributed by atoms with Crippen molar-refractivity contribution in [2.24, 2.45) is 5.92 Å². The fraction of sp³-hybridized carbons (Fsp3) is 0.500. The first-order valence-corrected chi connectivity index (χ1v) is 11.7. The number of nitrogens with one attached hydrogen (secondary N) is 2. The maximum Gasteiger partial charge on any atom is 0.306 e. The molecule has 0 aliphatic heterocycles. The van der Waals surface area contributed by atoms with Gasteiger partial charge in [-0.3, -0.25) is 14.4 Å². The predicted octanol–water partition coefficient (Wildman–Crippen LogP) is 1.90. The van der Waals surface area contributed by atoms with Crippen LogP contribution in [0.2, 0.25) is 0 Å². The molecule has 1 aromatic rings. The summed E-state index contributed by atoms with van der Waals surface area (Å²) in [6.07, 6.45) is 4.19. The Morgan fingerprint density at radius 3 is 2.49 bits per heavy atom. The van der Waals surface area contributed by atoms with Crippen LogP contribution < -0.4 is 10.6 Å². The van der Waals surface area contributed by atoms with Gasteiger partial charge in [-0.15, -0.1) is 13.2 Å². The van der Waals surface area contributed by atoms with Crippen LogP contribution in [0.5, 0.6) is 0 Å². The van der Waals surface area contributed by atoms with Crippen molar-refractivity contribution >= 4 is 17.8 Å². The van der Waals surface area contributed by atoms with E-state index >= 15 is 0 Å². The Hall–Kier alpha value is -3.01. The Morgan fingerprint density at radius 2 is 1.80 bits per heavy atom. The molecule has 9 heteroatoms. The molecular weight excluding hydrogens is 452 g/mol. The quantitative estimate of drug-likeness (QED) is 0.145. The Bertz CT molecular complexity index is 770. The molecule has 0 saturated carbocycles. The van der Waals surface area contributed by atoms with E-state index in [9.17, 15) is 14.4 Å². The maximum absolute atomic E-state index is 12.9. The number of esters is 1. The van der Waals surface area contributed by atoms with Gasteiger partial charge in [0.25, 0.3) is 0 Å². The average Bonchev–Trinajstić information content (AvgIpc) is 2.86. The molecule has 35 heavy (non-hydrogen) atoms. The van der Waals surface area contributed by atoms with Gasteiger partial charge in [-0.2, -0.15) is 0 Å². The van der Waals surface area contributed by atoms with E-state index in [-0.39, 0.29) is 64.2 Å². The molecule has 3 N–H and O–H groups in total. The Kier molecular flexibility index (Phi) is 16.6. The first-order valence-electron chi connectivity index (χ1n) is 11.7. The van der Waals surface area contributed by atoms with Crippen LogP contribution in [0.3, 0.4) is 0 Å². The fourth-order valence-corrected chi connectivity index (χ4v) is 3.04. The molecule has 0 saturated heterocycles. The van der Waals surface area contributed by atoms with Crippen LogP contribution in [0.4, 0.5) is 0 Å². The lowest BCUT2D eigenvalue weighted by molar-refractivity contribution is -0.145. The fourth-order valence-electron chi connectivity index (χ4n) is 3.04. The molecular formula is C26H38N2O7. The van der Waals surface area contributed by atoms with Crippen molar-refractivity contribution in [1.82, 2.24) is 10.6 Å². The molecule has 0 spiro atoms. The van der Waals surface area contributed by atoms with Gasteiger partial charge in [0.2, 0.25) is 11.8 Å². The number of hydrogen-bond acceptors (Lipinski definition) is 7. The number of allylic oxidation sites excluding steroid dienone is 2. The molecule has 0 aromatic heterocycles. The second-order valence-corrected chi connectivity index (χ2v) is 7.83. The average molecular weight is 491 g/mol. The minimum atomic E-state index is -0.640. The van der Waals surface area contributed by atoms with Gasteiger partial charge >= 0.3 is 5.97 Å². The van der Waals surface area contributed by atoms with Crippen molar-refractivity contribution < 1.29 is 33.7 Å². The van der Waals surface area contributed by atoms with Gasteiger partial charge in [-0.05, 0) is 18.4 Å². The number of aliphatic hydroxyl groups is 1. The zero-order chi connectivity index (χ0) is 25.7. The monoisotopic (exact) mass is 490 g/mol. The molecule has 0 fully saturated rings. The van der Waals surface area contributed by atoms with Crippen LogP contribution >= 0.6 is 0 Å². The van der Waals surface area contributed by atoms with Crippen molar-refractivity contribution in [2.75, 3.05) is 39.6 Å².